The molecule has 0 aliphatic carbocycles. The number of hydrogen-bond donors (Lipinski definition) is 2. The van der Waals surface area contributed by atoms with Gasteiger partial charge in [-0.2, -0.15) is 0 Å². The summed E-state index contributed by atoms with van der Waals surface area (Å²) in [5.74, 6) is -0.617. The third-order valence-electron chi connectivity index (χ3n) is 2.28. The molecular weight excluding hydrogens is 228 g/mol. The van der Waals surface area contributed by atoms with E-state index in [1.807, 2.05) is 0 Å². The van der Waals surface area contributed by atoms with Crippen molar-refractivity contribution in [1.82, 2.24) is 0 Å². The van der Waals surface area contributed by atoms with Crippen LogP contribution >= 0.6 is 0 Å². The van der Waals surface area contributed by atoms with E-state index >= 15 is 0 Å². The molecule has 1 rings (SSSR count). The first kappa shape index (κ1) is 14.1. The van der Waals surface area contributed by atoms with Crippen LogP contribution < -0.4 is 0 Å². The Labute approximate surface area is 99.8 Å². The summed E-state index contributed by atoms with van der Waals surface area (Å²) in [5.41, 5.74) is 0.227. The lowest BCUT2D eigenvalue weighted by Crippen LogP contribution is -2.39. The van der Waals surface area contributed by atoms with Gasteiger partial charge in [-0.3, -0.25) is 0 Å². The molecule has 17 heavy (non-hydrogen) atoms. The van der Waals surface area contributed by atoms with Gasteiger partial charge in [0, 0.05) is 5.57 Å². The molecule has 0 bridgehead atoms. The number of aliphatic hydroxyl groups is 2. The average molecular weight is 246 g/mol. The molecule has 0 radical (unpaired) electrons. The van der Waals surface area contributed by atoms with Gasteiger partial charge in [-0.25, -0.2) is 4.79 Å². The molecule has 1 saturated heterocycles. The number of carbonyl (C=O) groups excluding carboxylic acids is 1. The van der Waals surface area contributed by atoms with Crippen LogP contribution in [0.5, 0.6) is 0 Å². The quantitative estimate of drug-likeness (QED) is 0.332. The third kappa shape index (κ3) is 4.82. The van der Waals surface area contributed by atoms with Gasteiger partial charge < -0.3 is 24.4 Å². The molecule has 1 aliphatic heterocycles. The summed E-state index contributed by atoms with van der Waals surface area (Å²) in [6.45, 7) is 5.11. The van der Waals surface area contributed by atoms with E-state index in [0.717, 1.165) is 0 Å². The summed E-state index contributed by atoms with van der Waals surface area (Å²) in [5, 5.41) is 18.2. The van der Waals surface area contributed by atoms with E-state index in [2.05, 4.69) is 6.58 Å². The number of epoxide rings is 1. The zero-order chi connectivity index (χ0) is 12.8. The summed E-state index contributed by atoms with van der Waals surface area (Å²) in [6, 6.07) is 0. The van der Waals surface area contributed by atoms with Crippen LogP contribution in [-0.2, 0) is 19.0 Å². The Bertz CT molecular complexity index is 273. The smallest absolute Gasteiger partial charge is 0.333 e. The minimum Gasteiger partial charge on any atom is -0.454 e. The highest BCUT2D eigenvalue weighted by atomic mass is 16.6. The van der Waals surface area contributed by atoms with Crippen LogP contribution in [0.25, 0.3) is 0 Å². The van der Waals surface area contributed by atoms with Crippen LogP contribution in [-0.4, -0.2) is 60.9 Å². The van der Waals surface area contributed by atoms with Gasteiger partial charge in [0.15, 0.2) is 6.10 Å². The average Bonchev–Trinajstić information content (AvgIpc) is 3.11. The molecule has 3 atom stereocenters. The fourth-order valence-corrected chi connectivity index (χ4v) is 1.14. The van der Waals surface area contributed by atoms with E-state index in [1.54, 1.807) is 0 Å². The molecule has 1 unspecified atom stereocenters. The minimum atomic E-state index is -0.900. The Morgan fingerprint density at radius 1 is 1.47 bits per heavy atom. The number of carbonyl (C=O) groups is 1. The first-order chi connectivity index (χ1) is 8.08. The minimum absolute atomic E-state index is 0.0419. The second-order valence-corrected chi connectivity index (χ2v) is 3.92. The molecule has 0 spiro atoms. The number of rotatable bonds is 8. The van der Waals surface area contributed by atoms with Gasteiger partial charge in [-0.1, -0.05) is 6.58 Å². The van der Waals surface area contributed by atoms with Crippen molar-refractivity contribution >= 4 is 5.97 Å². The lowest BCUT2D eigenvalue weighted by molar-refractivity contribution is -0.159. The topological polar surface area (TPSA) is 88.5 Å². The third-order valence-corrected chi connectivity index (χ3v) is 2.28. The van der Waals surface area contributed by atoms with E-state index in [1.165, 1.54) is 6.92 Å². The fourth-order valence-electron chi connectivity index (χ4n) is 1.14. The van der Waals surface area contributed by atoms with Gasteiger partial charge in [0.05, 0.1) is 26.4 Å². The summed E-state index contributed by atoms with van der Waals surface area (Å²) in [7, 11) is 0. The van der Waals surface area contributed by atoms with Gasteiger partial charge in [0.25, 0.3) is 0 Å². The normalized spacial score (nSPS) is 21.7. The molecule has 0 amide bonds. The van der Waals surface area contributed by atoms with Crippen LogP contribution in [0, 0.1) is 0 Å². The maximum atomic E-state index is 11.3. The Morgan fingerprint density at radius 3 is 2.47 bits per heavy atom. The van der Waals surface area contributed by atoms with Crippen molar-refractivity contribution in [3.63, 3.8) is 0 Å². The zero-order valence-corrected chi connectivity index (χ0v) is 9.80. The number of ether oxygens (including phenoxy) is 3. The van der Waals surface area contributed by atoms with Crippen LogP contribution in [0.1, 0.15) is 6.92 Å². The first-order valence-electron chi connectivity index (χ1n) is 5.40. The second-order valence-electron chi connectivity index (χ2n) is 3.92. The van der Waals surface area contributed by atoms with Crippen molar-refractivity contribution in [2.45, 2.75) is 25.2 Å². The van der Waals surface area contributed by atoms with Crippen molar-refractivity contribution < 1.29 is 29.2 Å². The molecule has 1 aliphatic rings. The molecule has 2 N–H and O–H groups in total. The molecular formula is C11H18O6. The Kier molecular flexibility index (Phi) is 5.57. The standard InChI is InChI=1S/C11H18O6/c1-7(2)11(14)17-10(4-13)9(3-12)16-6-8-5-15-8/h8-10,12-13H,1,3-6H2,2H3/t8?,9-,10+/m1/s1. The summed E-state index contributed by atoms with van der Waals surface area (Å²) in [6.07, 6.45) is -1.62. The summed E-state index contributed by atoms with van der Waals surface area (Å²) >= 11 is 0. The molecule has 6 nitrogen and oxygen atoms in total. The lowest BCUT2D eigenvalue weighted by atomic mass is 10.2. The molecule has 0 saturated carbocycles. The van der Waals surface area contributed by atoms with Gasteiger partial charge in [0.1, 0.15) is 12.2 Å². The van der Waals surface area contributed by atoms with Gasteiger partial charge in [-0.05, 0) is 6.92 Å². The Morgan fingerprint density at radius 2 is 2.06 bits per heavy atom. The number of esters is 1. The van der Waals surface area contributed by atoms with Crippen LogP contribution in [0.3, 0.4) is 0 Å². The predicted octanol–water partition coefficient (Wildman–Crippen LogP) is -0.757. The maximum Gasteiger partial charge on any atom is 0.333 e. The van der Waals surface area contributed by atoms with Crippen molar-refractivity contribution in [1.29, 1.82) is 0 Å². The molecule has 0 aromatic rings. The second kappa shape index (κ2) is 6.70. The predicted molar refractivity (Wildman–Crippen MR) is 58.3 cm³/mol. The zero-order valence-electron chi connectivity index (χ0n) is 9.80. The molecule has 1 fully saturated rings. The fraction of sp³-hybridized carbons (Fsp3) is 0.727. The molecule has 0 aromatic carbocycles. The van der Waals surface area contributed by atoms with Crippen molar-refractivity contribution in [3.05, 3.63) is 12.2 Å². The van der Waals surface area contributed by atoms with Crippen molar-refractivity contribution in [3.8, 4) is 0 Å². The molecule has 1 heterocycles. The van der Waals surface area contributed by atoms with E-state index in [0.29, 0.717) is 13.2 Å². The summed E-state index contributed by atoms with van der Waals surface area (Å²) in [4.78, 5) is 11.3. The van der Waals surface area contributed by atoms with E-state index in [4.69, 9.17) is 24.4 Å². The number of hydrogen-bond acceptors (Lipinski definition) is 6. The van der Waals surface area contributed by atoms with E-state index in [-0.39, 0.29) is 18.3 Å². The molecule has 0 aromatic heterocycles. The van der Waals surface area contributed by atoms with Gasteiger partial charge in [-0.15, -0.1) is 0 Å². The highest BCUT2D eigenvalue weighted by Crippen LogP contribution is 2.13. The van der Waals surface area contributed by atoms with Crippen LogP contribution in [0.15, 0.2) is 12.2 Å². The van der Waals surface area contributed by atoms with Gasteiger partial charge >= 0.3 is 5.97 Å². The summed E-state index contributed by atoms with van der Waals surface area (Å²) < 4.78 is 15.2. The highest BCUT2D eigenvalue weighted by molar-refractivity contribution is 5.87. The lowest BCUT2D eigenvalue weighted by Gasteiger charge is -2.24. The first-order valence-corrected chi connectivity index (χ1v) is 5.40. The monoisotopic (exact) mass is 246 g/mol. The van der Waals surface area contributed by atoms with Crippen LogP contribution in [0.2, 0.25) is 0 Å². The van der Waals surface area contributed by atoms with E-state index in [9.17, 15) is 4.79 Å². The Hall–Kier alpha value is -0.950. The SMILES string of the molecule is C=C(C)C(=O)O[C@@H](CO)[C@@H](CO)OCC1CO1. The van der Waals surface area contributed by atoms with Crippen LogP contribution in [0.4, 0.5) is 0 Å². The largest absolute Gasteiger partial charge is 0.454 e. The maximum absolute atomic E-state index is 11.3. The van der Waals surface area contributed by atoms with Crippen molar-refractivity contribution in [2.24, 2.45) is 0 Å². The number of aliphatic hydroxyl groups excluding tert-OH is 2. The molecule has 6 heteroatoms. The van der Waals surface area contributed by atoms with Crippen molar-refractivity contribution in [2.75, 3.05) is 26.4 Å². The Balaban J connectivity index is 2.42. The highest BCUT2D eigenvalue weighted by Gasteiger charge is 2.29. The molecule has 98 valence electrons. The van der Waals surface area contributed by atoms with E-state index < -0.39 is 24.8 Å². The van der Waals surface area contributed by atoms with Gasteiger partial charge in [0.2, 0.25) is 0 Å².